The largest absolute Gasteiger partial charge is 2.00 e. The van der Waals surface area contributed by atoms with E-state index >= 15 is 0 Å². The van der Waals surface area contributed by atoms with Gasteiger partial charge < -0.3 is 4.80 Å². The Hall–Kier alpha value is 0.643. The van der Waals surface area contributed by atoms with Crippen LogP contribution in [0.15, 0.2) is 24.3 Å². The van der Waals surface area contributed by atoms with Gasteiger partial charge in [0.05, 0.1) is 0 Å². The van der Waals surface area contributed by atoms with Crippen LogP contribution in [0.5, 0.6) is 0 Å². The predicted octanol–water partition coefficient (Wildman–Crippen LogP) is 2.94. The predicted molar refractivity (Wildman–Crippen MR) is 81.1 cm³/mol. The van der Waals surface area contributed by atoms with Gasteiger partial charge in [-0.3, -0.25) is 0 Å². The summed E-state index contributed by atoms with van der Waals surface area (Å²) in [4.78, 5) is 8.19. The molecule has 0 aromatic heterocycles. The van der Waals surface area contributed by atoms with E-state index in [0.717, 1.165) is 0 Å². The number of halogens is 1. The Kier molecular flexibility index (Phi) is 14.7. The summed E-state index contributed by atoms with van der Waals surface area (Å²) in [6.07, 6.45) is 0. The Morgan fingerprint density at radius 3 is 1.81 bits per heavy atom. The van der Waals surface area contributed by atoms with E-state index in [-0.39, 0.29) is 45.4 Å². The van der Waals surface area contributed by atoms with Gasteiger partial charge in [-0.15, -0.1) is 17.0 Å². The van der Waals surface area contributed by atoms with Crippen LogP contribution in [0.4, 0.5) is 0 Å². The summed E-state index contributed by atoms with van der Waals surface area (Å²) in [6.45, 7) is 10.3. The maximum atomic E-state index is 8.19. The molecule has 0 spiro atoms. The zero-order chi connectivity index (χ0) is 11.2. The first kappa shape index (κ1) is 21.9. The van der Waals surface area contributed by atoms with Crippen molar-refractivity contribution in [3.8, 4) is 0 Å². The van der Waals surface area contributed by atoms with Gasteiger partial charge in [0.15, 0.2) is 9.04 Å². The van der Waals surface area contributed by atoms with Crippen LogP contribution in [0.3, 0.4) is 0 Å². The molecule has 0 amide bonds. The minimum absolute atomic E-state index is 0. The summed E-state index contributed by atoms with van der Waals surface area (Å²) in [5, 5.41) is 0. The second-order valence-electron chi connectivity index (χ2n) is 4.62. The average molecular weight is 315 g/mol. The van der Waals surface area contributed by atoms with Crippen LogP contribution in [0.1, 0.15) is 26.3 Å². The Balaban J connectivity index is -0.000000249. The van der Waals surface area contributed by atoms with Crippen LogP contribution < -0.4 is 0 Å². The van der Waals surface area contributed by atoms with E-state index < -0.39 is 9.04 Å². The first-order valence-electron chi connectivity index (χ1n) is 4.99. The molecule has 0 fully saturated rings. The van der Waals surface area contributed by atoms with E-state index in [0.29, 0.717) is 0 Å². The van der Waals surface area contributed by atoms with Crippen LogP contribution in [0.2, 0.25) is 13.1 Å². The van der Waals surface area contributed by atoms with Gasteiger partial charge in [0.2, 0.25) is 0 Å². The Bertz CT molecular complexity index is 244. The van der Waals surface area contributed by atoms with Crippen LogP contribution in [-0.4, -0.2) is 36.9 Å². The van der Waals surface area contributed by atoms with Crippen molar-refractivity contribution in [2.75, 3.05) is 0 Å². The second kappa shape index (κ2) is 10.8. The molecular formula is C12H22BrMgOSi+. The van der Waals surface area contributed by atoms with Crippen molar-refractivity contribution in [2.45, 2.75) is 39.3 Å². The third kappa shape index (κ3) is 12.7. The Labute approximate surface area is 128 Å². The molecule has 0 aliphatic heterocycles. The second-order valence-corrected chi connectivity index (χ2v) is 6.81. The monoisotopic (exact) mass is 313 g/mol. The molecule has 1 N–H and O–H groups in total. The summed E-state index contributed by atoms with van der Waals surface area (Å²) >= 11 is 0. The molecule has 1 aromatic rings. The molecule has 0 aliphatic carbocycles. The van der Waals surface area contributed by atoms with Crippen molar-refractivity contribution < 1.29 is 4.80 Å². The first-order chi connectivity index (χ1) is 6.34. The molecule has 0 radical (unpaired) electrons. The molecule has 88 valence electrons. The molecule has 1 aromatic carbocycles. The van der Waals surface area contributed by atoms with Gasteiger partial charge in [-0.25, -0.2) is 0 Å². The zero-order valence-electron chi connectivity index (χ0n) is 10.9. The first-order valence-corrected chi connectivity index (χ1v) is 7.82. The zero-order valence-corrected chi connectivity index (χ0v) is 15.2. The number of benzene rings is 1. The molecule has 0 saturated heterocycles. The maximum Gasteiger partial charge on any atom is 2.00 e. The summed E-state index contributed by atoms with van der Waals surface area (Å²) in [6, 6.07) is 11.3. The van der Waals surface area contributed by atoms with Crippen molar-refractivity contribution in [2.24, 2.45) is 0 Å². The van der Waals surface area contributed by atoms with E-state index in [1.54, 1.807) is 0 Å². The van der Waals surface area contributed by atoms with E-state index in [2.05, 4.69) is 39.0 Å². The van der Waals surface area contributed by atoms with Gasteiger partial charge in [-0.05, 0) is 18.5 Å². The number of hydrogen-bond donors (Lipinski definition) is 1. The van der Waals surface area contributed by atoms with Crippen molar-refractivity contribution in [1.82, 2.24) is 0 Å². The van der Waals surface area contributed by atoms with Gasteiger partial charge in [0.1, 0.15) is 0 Å². The van der Waals surface area contributed by atoms with E-state index in [1.807, 2.05) is 25.2 Å². The quantitative estimate of drug-likeness (QED) is 0.577. The van der Waals surface area contributed by atoms with E-state index in [4.69, 9.17) is 4.80 Å². The molecule has 1 nitrogen and oxygen atoms in total. The molecule has 0 bridgehead atoms. The molecule has 0 atom stereocenters. The van der Waals surface area contributed by atoms with Crippen LogP contribution >= 0.6 is 17.0 Å². The fourth-order valence-corrected chi connectivity index (χ4v) is 0.860. The van der Waals surface area contributed by atoms with Crippen LogP contribution in [0, 0.1) is 6.07 Å². The molecule has 1 rings (SSSR count). The Morgan fingerprint density at radius 1 is 1.19 bits per heavy atom. The average Bonchev–Trinajstić information content (AvgIpc) is 2.03. The molecule has 4 heteroatoms. The fraction of sp³-hybridized carbons (Fsp3) is 0.500. The molecule has 16 heavy (non-hydrogen) atoms. The minimum Gasteiger partial charge on any atom is -0.435 e. The van der Waals surface area contributed by atoms with Gasteiger partial charge in [-0.2, -0.15) is 35.9 Å². The van der Waals surface area contributed by atoms with Crippen LogP contribution in [0.25, 0.3) is 0 Å². The maximum absolute atomic E-state index is 8.19. The minimum atomic E-state index is -1.14. The van der Waals surface area contributed by atoms with Crippen molar-refractivity contribution in [3.63, 3.8) is 0 Å². The third-order valence-corrected chi connectivity index (χ3v) is 1.52. The molecule has 0 heterocycles. The Morgan fingerprint density at radius 2 is 1.62 bits per heavy atom. The summed E-state index contributed by atoms with van der Waals surface area (Å²) in [5.74, 6) is 0. The standard InChI is InChI=1S/C10H13.C2H8OSi.BrH.Mg/c1-10(2,3)9-7-5-4-6-8-9;1-4(2)3;;/h4-7H,1-3H3;3-4H,1-2H3;1H;/q-1;;;+2. The van der Waals surface area contributed by atoms with Crippen molar-refractivity contribution in [3.05, 3.63) is 35.9 Å². The normalized spacial score (nSPS) is 9.44. The summed E-state index contributed by atoms with van der Waals surface area (Å²) in [5.41, 5.74) is 1.51. The van der Waals surface area contributed by atoms with Crippen LogP contribution in [-0.2, 0) is 5.41 Å². The number of hydrogen-bond acceptors (Lipinski definition) is 1. The third-order valence-electron chi connectivity index (χ3n) is 1.52. The smallest absolute Gasteiger partial charge is 0.435 e. The SMILES string of the molecule is Br.CC(C)(C)c1[c-]cccc1.C[SiH](C)O.[Mg+2]. The molecule has 0 aliphatic rings. The summed E-state index contributed by atoms with van der Waals surface area (Å²) in [7, 11) is -1.14. The van der Waals surface area contributed by atoms with Crippen molar-refractivity contribution in [1.29, 1.82) is 0 Å². The topological polar surface area (TPSA) is 20.2 Å². The van der Waals surface area contributed by atoms with Gasteiger partial charge >= 0.3 is 23.1 Å². The molecular weight excluding hydrogens is 292 g/mol. The molecule has 0 unspecified atom stereocenters. The van der Waals surface area contributed by atoms with Gasteiger partial charge in [-0.1, -0.05) is 20.8 Å². The van der Waals surface area contributed by atoms with Gasteiger partial charge in [0, 0.05) is 0 Å². The van der Waals surface area contributed by atoms with Crippen molar-refractivity contribution >= 4 is 49.1 Å². The number of rotatable bonds is 0. The van der Waals surface area contributed by atoms with Gasteiger partial charge in [0.25, 0.3) is 0 Å². The van der Waals surface area contributed by atoms with E-state index in [9.17, 15) is 0 Å². The summed E-state index contributed by atoms with van der Waals surface area (Å²) < 4.78 is 0. The fourth-order valence-electron chi connectivity index (χ4n) is 0.860. The van der Waals surface area contributed by atoms with E-state index in [1.165, 1.54) is 5.56 Å². The molecule has 0 saturated carbocycles.